The Hall–Kier alpha value is -2.10. The zero-order valence-electron chi connectivity index (χ0n) is 16.4. The highest BCUT2D eigenvalue weighted by Gasteiger charge is 2.24. The van der Waals surface area contributed by atoms with Crippen LogP contribution < -0.4 is 19.1 Å². The molecular formula is C21H23BrN2O5S. The van der Waals surface area contributed by atoms with Crippen molar-refractivity contribution in [3.8, 4) is 11.5 Å². The van der Waals surface area contributed by atoms with Crippen LogP contribution >= 0.6 is 15.9 Å². The first kappa shape index (κ1) is 21.1. The number of anilines is 1. The van der Waals surface area contributed by atoms with Crippen molar-refractivity contribution in [2.45, 2.75) is 30.6 Å². The van der Waals surface area contributed by atoms with Crippen LogP contribution in [0.15, 0.2) is 45.8 Å². The van der Waals surface area contributed by atoms with Crippen molar-refractivity contribution >= 4 is 37.5 Å². The minimum absolute atomic E-state index is 0.0258. The summed E-state index contributed by atoms with van der Waals surface area (Å²) in [7, 11) is -3.76. The molecule has 0 aliphatic carbocycles. The Labute approximate surface area is 184 Å². The fraction of sp³-hybridized carbons (Fsp3) is 0.381. The van der Waals surface area contributed by atoms with Crippen LogP contribution in [-0.4, -0.2) is 40.6 Å². The van der Waals surface area contributed by atoms with Gasteiger partial charge in [0.1, 0.15) is 0 Å². The second kappa shape index (κ2) is 8.95. The average Bonchev–Trinajstić information content (AvgIpc) is 2.97. The van der Waals surface area contributed by atoms with Gasteiger partial charge in [-0.1, -0.05) is 15.9 Å². The van der Waals surface area contributed by atoms with E-state index < -0.39 is 10.0 Å². The van der Waals surface area contributed by atoms with Gasteiger partial charge in [0, 0.05) is 42.2 Å². The number of carbonyl (C=O) groups is 1. The third-order valence-corrected chi connectivity index (χ3v) is 7.07. The van der Waals surface area contributed by atoms with Crippen LogP contribution in [0.1, 0.15) is 24.8 Å². The molecule has 1 amide bonds. The standard InChI is InChI=1S/C21H23BrN2O5S/c22-16-4-6-18-15(13-16)3-1-10-24(18)21(25)8-9-23-30(26,27)17-5-7-19-20(14-17)29-12-2-11-28-19/h4-7,13-14,23H,1-3,8-12H2. The molecule has 0 saturated carbocycles. The summed E-state index contributed by atoms with van der Waals surface area (Å²) < 4.78 is 39.9. The van der Waals surface area contributed by atoms with Crippen LogP contribution in [-0.2, 0) is 21.2 Å². The lowest BCUT2D eigenvalue weighted by Crippen LogP contribution is -2.37. The topological polar surface area (TPSA) is 84.9 Å². The van der Waals surface area contributed by atoms with Crippen molar-refractivity contribution in [1.82, 2.24) is 4.72 Å². The number of ether oxygens (including phenoxy) is 2. The monoisotopic (exact) mass is 494 g/mol. The molecule has 4 rings (SSSR count). The van der Waals surface area contributed by atoms with Gasteiger partial charge >= 0.3 is 0 Å². The van der Waals surface area contributed by atoms with Gasteiger partial charge in [0.2, 0.25) is 15.9 Å². The number of hydrogen-bond acceptors (Lipinski definition) is 5. The Morgan fingerprint density at radius 2 is 1.87 bits per heavy atom. The number of fused-ring (bicyclic) bond motifs is 2. The molecule has 30 heavy (non-hydrogen) atoms. The average molecular weight is 495 g/mol. The summed E-state index contributed by atoms with van der Waals surface area (Å²) in [5.41, 5.74) is 2.02. The molecule has 7 nitrogen and oxygen atoms in total. The number of aryl methyl sites for hydroxylation is 1. The first-order valence-corrected chi connectivity index (χ1v) is 12.2. The Morgan fingerprint density at radius 3 is 2.70 bits per heavy atom. The van der Waals surface area contributed by atoms with E-state index >= 15 is 0 Å². The summed E-state index contributed by atoms with van der Waals surface area (Å²) in [6.45, 7) is 1.68. The molecule has 9 heteroatoms. The lowest BCUT2D eigenvalue weighted by Gasteiger charge is -2.29. The van der Waals surface area contributed by atoms with Crippen LogP contribution in [0.25, 0.3) is 0 Å². The van der Waals surface area contributed by atoms with Gasteiger partial charge in [0.25, 0.3) is 0 Å². The maximum absolute atomic E-state index is 12.7. The van der Waals surface area contributed by atoms with E-state index in [0.717, 1.165) is 35.0 Å². The highest BCUT2D eigenvalue weighted by Crippen LogP contribution is 2.32. The summed E-state index contributed by atoms with van der Waals surface area (Å²) in [6, 6.07) is 10.4. The van der Waals surface area contributed by atoms with Crippen molar-refractivity contribution in [2.75, 3.05) is 31.2 Å². The molecule has 1 N–H and O–H groups in total. The van der Waals surface area contributed by atoms with E-state index in [9.17, 15) is 13.2 Å². The molecule has 0 bridgehead atoms. The fourth-order valence-electron chi connectivity index (χ4n) is 3.65. The van der Waals surface area contributed by atoms with E-state index in [2.05, 4.69) is 20.7 Å². The van der Waals surface area contributed by atoms with Crippen LogP contribution in [0.4, 0.5) is 5.69 Å². The largest absolute Gasteiger partial charge is 0.490 e. The number of hydrogen-bond donors (Lipinski definition) is 1. The highest BCUT2D eigenvalue weighted by molar-refractivity contribution is 9.10. The van der Waals surface area contributed by atoms with Gasteiger partial charge < -0.3 is 14.4 Å². The van der Waals surface area contributed by atoms with Gasteiger partial charge in [0.15, 0.2) is 11.5 Å². The van der Waals surface area contributed by atoms with E-state index in [-0.39, 0.29) is 23.8 Å². The maximum atomic E-state index is 12.7. The normalized spacial score (nSPS) is 16.0. The zero-order chi connectivity index (χ0) is 21.1. The third kappa shape index (κ3) is 4.63. The number of amides is 1. The number of nitrogens with one attached hydrogen (secondary N) is 1. The SMILES string of the molecule is O=C(CCNS(=O)(=O)c1ccc2c(c1)OCCCO2)N1CCCc2cc(Br)ccc21. The first-order valence-electron chi connectivity index (χ1n) is 9.92. The number of benzene rings is 2. The van der Waals surface area contributed by atoms with Crippen molar-refractivity contribution in [3.05, 3.63) is 46.4 Å². The molecule has 2 heterocycles. The quantitative estimate of drug-likeness (QED) is 0.689. The molecule has 0 saturated heterocycles. The van der Waals surface area contributed by atoms with Gasteiger partial charge in [0.05, 0.1) is 18.1 Å². The summed E-state index contributed by atoms with van der Waals surface area (Å²) in [4.78, 5) is 14.6. The van der Waals surface area contributed by atoms with Crippen LogP contribution in [0.5, 0.6) is 11.5 Å². The Balaban J connectivity index is 1.39. The lowest BCUT2D eigenvalue weighted by molar-refractivity contribution is -0.118. The Kier molecular flexibility index (Phi) is 6.31. The Bertz CT molecular complexity index is 1060. The minimum atomic E-state index is -3.76. The van der Waals surface area contributed by atoms with E-state index in [1.807, 2.05) is 18.2 Å². The number of halogens is 1. The first-order chi connectivity index (χ1) is 14.4. The molecule has 2 aromatic rings. The summed E-state index contributed by atoms with van der Waals surface area (Å²) in [5.74, 6) is 0.860. The Morgan fingerprint density at radius 1 is 1.07 bits per heavy atom. The number of sulfonamides is 1. The zero-order valence-corrected chi connectivity index (χ0v) is 18.8. The maximum Gasteiger partial charge on any atom is 0.240 e. The minimum Gasteiger partial charge on any atom is -0.490 e. The molecule has 0 spiro atoms. The molecule has 2 aromatic carbocycles. The second-order valence-electron chi connectivity index (χ2n) is 7.23. The summed E-state index contributed by atoms with van der Waals surface area (Å²) in [5, 5.41) is 0. The molecular weight excluding hydrogens is 472 g/mol. The third-order valence-electron chi connectivity index (χ3n) is 5.12. The van der Waals surface area contributed by atoms with Crippen LogP contribution in [0.2, 0.25) is 0 Å². The summed E-state index contributed by atoms with van der Waals surface area (Å²) >= 11 is 3.46. The van der Waals surface area contributed by atoms with Gasteiger partial charge in [-0.3, -0.25) is 4.79 Å². The predicted octanol–water partition coefficient (Wildman–Crippen LogP) is 3.26. The van der Waals surface area contributed by atoms with Gasteiger partial charge in [-0.2, -0.15) is 0 Å². The molecule has 0 radical (unpaired) electrons. The predicted molar refractivity (Wildman–Crippen MR) is 117 cm³/mol. The summed E-state index contributed by atoms with van der Waals surface area (Å²) in [6.07, 6.45) is 2.64. The molecule has 0 aromatic heterocycles. The van der Waals surface area contributed by atoms with Crippen LogP contribution in [0.3, 0.4) is 0 Å². The molecule has 0 fully saturated rings. The number of carbonyl (C=O) groups excluding carboxylic acids is 1. The number of rotatable bonds is 5. The molecule has 2 aliphatic heterocycles. The van der Waals surface area contributed by atoms with Gasteiger partial charge in [-0.15, -0.1) is 0 Å². The van der Waals surface area contributed by atoms with Gasteiger partial charge in [-0.05, 0) is 48.7 Å². The van der Waals surface area contributed by atoms with Crippen molar-refractivity contribution in [1.29, 1.82) is 0 Å². The van der Waals surface area contributed by atoms with E-state index in [4.69, 9.17) is 9.47 Å². The smallest absolute Gasteiger partial charge is 0.240 e. The number of nitrogens with zero attached hydrogens (tertiary/aromatic N) is 1. The molecule has 160 valence electrons. The highest BCUT2D eigenvalue weighted by atomic mass is 79.9. The van der Waals surface area contributed by atoms with E-state index in [0.29, 0.717) is 31.3 Å². The lowest BCUT2D eigenvalue weighted by atomic mass is 10.0. The van der Waals surface area contributed by atoms with Crippen LogP contribution in [0, 0.1) is 0 Å². The van der Waals surface area contributed by atoms with E-state index in [1.165, 1.54) is 12.1 Å². The van der Waals surface area contributed by atoms with E-state index in [1.54, 1.807) is 11.0 Å². The van der Waals surface area contributed by atoms with Gasteiger partial charge in [-0.25, -0.2) is 13.1 Å². The molecule has 0 atom stereocenters. The van der Waals surface area contributed by atoms with Crippen molar-refractivity contribution in [2.24, 2.45) is 0 Å². The molecule has 0 unspecified atom stereocenters. The fourth-order valence-corrected chi connectivity index (χ4v) is 5.10. The second-order valence-corrected chi connectivity index (χ2v) is 9.91. The molecule has 2 aliphatic rings. The van der Waals surface area contributed by atoms with Crippen molar-refractivity contribution in [3.63, 3.8) is 0 Å². The van der Waals surface area contributed by atoms with Crippen molar-refractivity contribution < 1.29 is 22.7 Å².